The van der Waals surface area contributed by atoms with E-state index in [0.29, 0.717) is 17.0 Å². The third kappa shape index (κ3) is 1.42. The molecule has 2 heteroatoms. The van der Waals surface area contributed by atoms with E-state index in [0.717, 1.165) is 18.4 Å². The van der Waals surface area contributed by atoms with E-state index in [1.54, 1.807) is 13.0 Å². The lowest BCUT2D eigenvalue weighted by molar-refractivity contribution is 0.616. The Balaban J connectivity index is 2.54. The van der Waals surface area contributed by atoms with Gasteiger partial charge in [-0.05, 0) is 48.9 Å². The molecule has 0 spiro atoms. The van der Waals surface area contributed by atoms with Crippen LogP contribution in [-0.2, 0) is 0 Å². The van der Waals surface area contributed by atoms with Crippen molar-refractivity contribution in [1.82, 2.24) is 0 Å². The lowest BCUT2D eigenvalue weighted by Crippen LogP contribution is -1.92. The predicted molar refractivity (Wildman–Crippen MR) is 47.8 cm³/mol. The van der Waals surface area contributed by atoms with Crippen molar-refractivity contribution in [2.45, 2.75) is 25.7 Å². The maximum Gasteiger partial charge on any atom is 0.126 e. The van der Waals surface area contributed by atoms with Crippen molar-refractivity contribution in [3.8, 4) is 6.07 Å². The molecule has 2 rings (SSSR count). The molecule has 1 aliphatic carbocycles. The van der Waals surface area contributed by atoms with Crippen LogP contribution in [0.5, 0.6) is 0 Å². The smallest absolute Gasteiger partial charge is 0.126 e. The van der Waals surface area contributed by atoms with Gasteiger partial charge in [-0.15, -0.1) is 0 Å². The molecule has 0 radical (unpaired) electrons. The van der Waals surface area contributed by atoms with Gasteiger partial charge >= 0.3 is 0 Å². The fraction of sp³-hybridized carbons (Fsp3) is 0.364. The average Bonchev–Trinajstić information content (AvgIpc) is 2.92. The van der Waals surface area contributed by atoms with Gasteiger partial charge in [-0.1, -0.05) is 0 Å². The van der Waals surface area contributed by atoms with Gasteiger partial charge < -0.3 is 0 Å². The number of benzene rings is 1. The molecule has 0 N–H and O–H groups in total. The quantitative estimate of drug-likeness (QED) is 0.643. The fourth-order valence-corrected chi connectivity index (χ4v) is 1.53. The molecule has 0 unspecified atom stereocenters. The Morgan fingerprint density at radius 2 is 2.15 bits per heavy atom. The Bertz CT molecular complexity index is 386. The summed E-state index contributed by atoms with van der Waals surface area (Å²) < 4.78 is 13.2. The van der Waals surface area contributed by atoms with E-state index in [4.69, 9.17) is 5.26 Å². The highest BCUT2D eigenvalue weighted by atomic mass is 19.1. The molecular weight excluding hydrogens is 165 g/mol. The maximum absolute atomic E-state index is 13.2. The Morgan fingerprint density at radius 3 is 2.69 bits per heavy atom. The highest BCUT2D eigenvalue weighted by Gasteiger charge is 2.26. The van der Waals surface area contributed by atoms with Crippen LogP contribution in [0.2, 0.25) is 0 Å². The molecule has 1 aromatic rings. The Morgan fingerprint density at radius 1 is 1.46 bits per heavy atom. The van der Waals surface area contributed by atoms with Crippen molar-refractivity contribution in [3.05, 3.63) is 34.6 Å². The van der Waals surface area contributed by atoms with Crippen LogP contribution in [0, 0.1) is 24.1 Å². The van der Waals surface area contributed by atoms with E-state index < -0.39 is 0 Å². The van der Waals surface area contributed by atoms with Gasteiger partial charge in [0.25, 0.3) is 0 Å². The first-order valence-corrected chi connectivity index (χ1v) is 4.42. The molecule has 0 aromatic heterocycles. The third-order valence-corrected chi connectivity index (χ3v) is 2.47. The summed E-state index contributed by atoms with van der Waals surface area (Å²) in [6.07, 6.45) is 2.19. The maximum atomic E-state index is 13.2. The standard InChI is InChI=1S/C11H10FN/c1-7-4-9(6-13)10(5-11(7)12)8-2-3-8/h4-5,8H,2-3H2,1H3. The average molecular weight is 175 g/mol. The zero-order valence-electron chi connectivity index (χ0n) is 7.47. The van der Waals surface area contributed by atoms with Crippen molar-refractivity contribution in [3.63, 3.8) is 0 Å². The second-order valence-electron chi connectivity index (χ2n) is 3.57. The van der Waals surface area contributed by atoms with E-state index in [9.17, 15) is 4.39 Å². The van der Waals surface area contributed by atoms with Crippen molar-refractivity contribution in [1.29, 1.82) is 5.26 Å². The summed E-state index contributed by atoms with van der Waals surface area (Å²) in [5, 5.41) is 8.84. The SMILES string of the molecule is Cc1cc(C#N)c(C2CC2)cc1F. The van der Waals surface area contributed by atoms with Gasteiger partial charge in [0.1, 0.15) is 5.82 Å². The van der Waals surface area contributed by atoms with Crippen LogP contribution in [0.1, 0.15) is 35.4 Å². The molecule has 1 aromatic carbocycles. The summed E-state index contributed by atoms with van der Waals surface area (Å²) >= 11 is 0. The van der Waals surface area contributed by atoms with Gasteiger partial charge in [-0.25, -0.2) is 4.39 Å². The summed E-state index contributed by atoms with van der Waals surface area (Å²) in [5.41, 5.74) is 2.09. The third-order valence-electron chi connectivity index (χ3n) is 2.47. The lowest BCUT2D eigenvalue weighted by atomic mass is 10.0. The Kier molecular flexibility index (Phi) is 1.81. The van der Waals surface area contributed by atoms with E-state index in [1.165, 1.54) is 6.07 Å². The van der Waals surface area contributed by atoms with Crippen molar-refractivity contribution >= 4 is 0 Å². The first-order valence-electron chi connectivity index (χ1n) is 4.42. The van der Waals surface area contributed by atoms with Crippen LogP contribution < -0.4 is 0 Å². The highest BCUT2D eigenvalue weighted by molar-refractivity contribution is 5.44. The Hall–Kier alpha value is -1.36. The zero-order chi connectivity index (χ0) is 9.42. The summed E-state index contributed by atoms with van der Waals surface area (Å²) in [5.74, 6) is 0.241. The van der Waals surface area contributed by atoms with Crippen LogP contribution in [0.4, 0.5) is 4.39 Å². The minimum absolute atomic E-state index is 0.194. The molecule has 0 atom stereocenters. The molecule has 1 aliphatic rings. The van der Waals surface area contributed by atoms with Crippen LogP contribution in [0.15, 0.2) is 12.1 Å². The lowest BCUT2D eigenvalue weighted by Gasteiger charge is -2.03. The van der Waals surface area contributed by atoms with Gasteiger partial charge in [0.2, 0.25) is 0 Å². The largest absolute Gasteiger partial charge is 0.207 e. The summed E-state index contributed by atoms with van der Waals surface area (Å²) in [7, 11) is 0. The number of nitrogens with zero attached hydrogens (tertiary/aromatic N) is 1. The van der Waals surface area contributed by atoms with E-state index in [1.807, 2.05) is 0 Å². The molecule has 1 fully saturated rings. The molecule has 0 bridgehead atoms. The van der Waals surface area contributed by atoms with Crippen LogP contribution in [0.3, 0.4) is 0 Å². The first kappa shape index (κ1) is 8.25. The number of hydrogen-bond donors (Lipinski definition) is 0. The molecule has 13 heavy (non-hydrogen) atoms. The van der Waals surface area contributed by atoms with Gasteiger partial charge in [0.05, 0.1) is 11.6 Å². The number of rotatable bonds is 1. The van der Waals surface area contributed by atoms with Gasteiger partial charge in [-0.2, -0.15) is 5.26 Å². The van der Waals surface area contributed by atoms with Crippen molar-refractivity contribution < 1.29 is 4.39 Å². The minimum Gasteiger partial charge on any atom is -0.207 e. The highest BCUT2D eigenvalue weighted by Crippen LogP contribution is 2.42. The number of hydrogen-bond acceptors (Lipinski definition) is 1. The van der Waals surface area contributed by atoms with Gasteiger partial charge in [0.15, 0.2) is 0 Å². The molecular formula is C11H10FN. The fourth-order valence-electron chi connectivity index (χ4n) is 1.53. The normalized spacial score (nSPS) is 15.5. The monoisotopic (exact) mass is 175 g/mol. The number of nitriles is 1. The molecule has 0 saturated heterocycles. The zero-order valence-corrected chi connectivity index (χ0v) is 7.47. The van der Waals surface area contributed by atoms with E-state index in [-0.39, 0.29) is 5.82 Å². The molecule has 0 amide bonds. The Labute approximate surface area is 76.8 Å². The summed E-state index contributed by atoms with van der Waals surface area (Å²) in [6, 6.07) is 5.28. The topological polar surface area (TPSA) is 23.8 Å². The second kappa shape index (κ2) is 2.85. The van der Waals surface area contributed by atoms with Crippen molar-refractivity contribution in [2.24, 2.45) is 0 Å². The molecule has 0 heterocycles. The predicted octanol–water partition coefficient (Wildman–Crippen LogP) is 2.88. The van der Waals surface area contributed by atoms with E-state index in [2.05, 4.69) is 6.07 Å². The van der Waals surface area contributed by atoms with Crippen LogP contribution in [0.25, 0.3) is 0 Å². The first-order chi connectivity index (χ1) is 6.22. The van der Waals surface area contributed by atoms with E-state index >= 15 is 0 Å². The summed E-state index contributed by atoms with van der Waals surface area (Å²) in [6.45, 7) is 1.69. The minimum atomic E-state index is -0.194. The van der Waals surface area contributed by atoms with Gasteiger partial charge in [-0.3, -0.25) is 0 Å². The number of halogens is 1. The van der Waals surface area contributed by atoms with Crippen LogP contribution in [-0.4, -0.2) is 0 Å². The van der Waals surface area contributed by atoms with Crippen LogP contribution >= 0.6 is 0 Å². The molecule has 1 nitrogen and oxygen atoms in total. The number of aryl methyl sites for hydroxylation is 1. The second-order valence-corrected chi connectivity index (χ2v) is 3.57. The molecule has 1 saturated carbocycles. The molecule has 66 valence electrons. The van der Waals surface area contributed by atoms with Gasteiger partial charge in [0, 0.05) is 0 Å². The molecule has 0 aliphatic heterocycles. The van der Waals surface area contributed by atoms with Crippen molar-refractivity contribution in [2.75, 3.05) is 0 Å². The summed E-state index contributed by atoms with van der Waals surface area (Å²) in [4.78, 5) is 0.